The van der Waals surface area contributed by atoms with E-state index in [2.05, 4.69) is 0 Å². The lowest BCUT2D eigenvalue weighted by Crippen LogP contribution is -2.37. The zero-order chi connectivity index (χ0) is 11.5. The van der Waals surface area contributed by atoms with Crippen LogP contribution in [0.2, 0.25) is 0 Å². The largest absolute Gasteiger partial charge is 0.315 e. The highest BCUT2D eigenvalue weighted by Crippen LogP contribution is 2.24. The van der Waals surface area contributed by atoms with Crippen molar-refractivity contribution < 1.29 is 4.39 Å². The second kappa shape index (κ2) is 4.41. The molecule has 2 nitrogen and oxygen atoms in total. The second-order valence-electron chi connectivity index (χ2n) is 4.40. The van der Waals surface area contributed by atoms with Gasteiger partial charge in [-0.3, -0.25) is 0 Å². The maximum absolute atomic E-state index is 12.7. The fourth-order valence-electron chi connectivity index (χ4n) is 1.41. The van der Waals surface area contributed by atoms with Crippen LogP contribution in [0.15, 0.2) is 24.3 Å². The van der Waals surface area contributed by atoms with E-state index >= 15 is 0 Å². The first-order valence-corrected chi connectivity index (χ1v) is 4.85. The molecule has 15 heavy (non-hydrogen) atoms. The summed E-state index contributed by atoms with van der Waals surface area (Å²) in [6.45, 7) is 3.87. The Hall–Kier alpha value is -1.40. The molecule has 3 heteroatoms. The highest BCUT2D eigenvalue weighted by molar-refractivity contribution is 5.18. The molecule has 0 amide bonds. The van der Waals surface area contributed by atoms with Gasteiger partial charge in [-0.1, -0.05) is 26.0 Å². The van der Waals surface area contributed by atoms with Crippen LogP contribution in [0.3, 0.4) is 0 Å². The summed E-state index contributed by atoms with van der Waals surface area (Å²) in [6, 6.07) is 7.82. The third-order valence-corrected chi connectivity index (χ3v) is 2.55. The van der Waals surface area contributed by atoms with E-state index in [0.29, 0.717) is 6.42 Å². The van der Waals surface area contributed by atoms with Crippen LogP contribution in [-0.4, -0.2) is 6.04 Å². The molecular weight excluding hydrogens is 191 g/mol. The van der Waals surface area contributed by atoms with Crippen molar-refractivity contribution in [2.45, 2.75) is 26.3 Å². The van der Waals surface area contributed by atoms with E-state index in [1.54, 1.807) is 12.1 Å². The molecule has 0 heterocycles. The molecule has 0 aliphatic carbocycles. The third kappa shape index (κ3) is 3.03. The maximum Gasteiger partial charge on any atom is 0.123 e. The van der Waals surface area contributed by atoms with Gasteiger partial charge in [-0.2, -0.15) is 5.26 Å². The number of rotatable bonds is 3. The zero-order valence-electron chi connectivity index (χ0n) is 9.00. The van der Waals surface area contributed by atoms with Gasteiger partial charge in [0.2, 0.25) is 0 Å². The van der Waals surface area contributed by atoms with E-state index in [1.165, 1.54) is 12.1 Å². The minimum Gasteiger partial charge on any atom is -0.315 e. The molecule has 2 N–H and O–H groups in total. The molecule has 0 aliphatic rings. The molecule has 0 fully saturated rings. The molecule has 0 aromatic heterocycles. The molecule has 1 aromatic carbocycles. The molecule has 0 spiro atoms. The molecule has 1 aromatic rings. The number of halogens is 1. The molecule has 0 aliphatic heterocycles. The summed E-state index contributed by atoms with van der Waals surface area (Å²) in [7, 11) is 0. The summed E-state index contributed by atoms with van der Waals surface area (Å²) in [5.74, 6) is -0.249. The quantitative estimate of drug-likeness (QED) is 0.824. The van der Waals surface area contributed by atoms with Crippen molar-refractivity contribution in [3.63, 3.8) is 0 Å². The van der Waals surface area contributed by atoms with E-state index < -0.39 is 6.04 Å². The predicted octanol–water partition coefficient (Wildman–Crippen LogP) is 2.25. The fourth-order valence-corrected chi connectivity index (χ4v) is 1.41. The van der Waals surface area contributed by atoms with Crippen LogP contribution < -0.4 is 5.73 Å². The van der Waals surface area contributed by atoms with Crippen LogP contribution in [-0.2, 0) is 6.42 Å². The molecular formula is C12H15FN2. The highest BCUT2D eigenvalue weighted by atomic mass is 19.1. The molecule has 0 saturated carbocycles. The summed E-state index contributed by atoms with van der Waals surface area (Å²) in [4.78, 5) is 0. The van der Waals surface area contributed by atoms with E-state index in [9.17, 15) is 4.39 Å². The summed E-state index contributed by atoms with van der Waals surface area (Å²) in [6.07, 6.45) is 0.669. The Kier molecular flexibility index (Phi) is 3.43. The molecule has 0 bridgehead atoms. The average Bonchev–Trinajstić information content (AvgIpc) is 2.20. The van der Waals surface area contributed by atoms with Crippen LogP contribution in [0.5, 0.6) is 0 Å². The van der Waals surface area contributed by atoms with Gasteiger partial charge < -0.3 is 5.73 Å². The molecule has 1 atom stereocenters. The Morgan fingerprint density at radius 2 is 1.93 bits per heavy atom. The van der Waals surface area contributed by atoms with Crippen molar-refractivity contribution in [3.05, 3.63) is 35.6 Å². The Balaban J connectivity index is 2.78. The Morgan fingerprint density at radius 1 is 1.40 bits per heavy atom. The standard InChI is InChI=1S/C12H15FN2/c1-12(2,11(15)8-14)7-9-3-5-10(13)6-4-9/h3-6,11H,7,15H2,1-2H3. The van der Waals surface area contributed by atoms with Gasteiger partial charge in [0, 0.05) is 0 Å². The van der Waals surface area contributed by atoms with E-state index in [0.717, 1.165) is 5.56 Å². The molecule has 80 valence electrons. The first kappa shape index (κ1) is 11.7. The minimum absolute atomic E-state index is 0.249. The first-order chi connectivity index (χ1) is 6.95. The van der Waals surface area contributed by atoms with Crippen LogP contribution in [0, 0.1) is 22.6 Å². The van der Waals surface area contributed by atoms with Crippen LogP contribution in [0.25, 0.3) is 0 Å². The number of hydrogen-bond acceptors (Lipinski definition) is 2. The van der Waals surface area contributed by atoms with Crippen molar-refractivity contribution >= 4 is 0 Å². The van der Waals surface area contributed by atoms with Gasteiger partial charge in [0.1, 0.15) is 5.82 Å². The van der Waals surface area contributed by atoms with Gasteiger partial charge in [-0.15, -0.1) is 0 Å². The van der Waals surface area contributed by atoms with Crippen molar-refractivity contribution in [2.75, 3.05) is 0 Å². The molecule has 0 saturated heterocycles. The van der Waals surface area contributed by atoms with Crippen molar-refractivity contribution in [3.8, 4) is 6.07 Å². The van der Waals surface area contributed by atoms with Gasteiger partial charge in [0.05, 0.1) is 12.1 Å². The highest BCUT2D eigenvalue weighted by Gasteiger charge is 2.26. The number of nitriles is 1. The van der Waals surface area contributed by atoms with Crippen molar-refractivity contribution in [2.24, 2.45) is 11.1 Å². The van der Waals surface area contributed by atoms with Gasteiger partial charge in [0.25, 0.3) is 0 Å². The molecule has 0 radical (unpaired) electrons. The smallest absolute Gasteiger partial charge is 0.123 e. The van der Waals surface area contributed by atoms with E-state index in [-0.39, 0.29) is 11.2 Å². The minimum atomic E-state index is -0.512. The van der Waals surface area contributed by atoms with E-state index in [1.807, 2.05) is 19.9 Å². The van der Waals surface area contributed by atoms with Crippen molar-refractivity contribution in [1.82, 2.24) is 0 Å². The van der Waals surface area contributed by atoms with Gasteiger partial charge in [-0.05, 0) is 29.5 Å². The molecule has 1 unspecified atom stereocenters. The molecule has 1 rings (SSSR count). The Morgan fingerprint density at radius 3 is 2.40 bits per heavy atom. The lowest BCUT2D eigenvalue weighted by molar-refractivity contribution is 0.327. The monoisotopic (exact) mass is 206 g/mol. The van der Waals surface area contributed by atoms with Gasteiger partial charge in [0.15, 0.2) is 0 Å². The maximum atomic E-state index is 12.7. The lowest BCUT2D eigenvalue weighted by atomic mass is 9.80. The summed E-state index contributed by atoms with van der Waals surface area (Å²) in [5, 5.41) is 8.76. The summed E-state index contributed by atoms with van der Waals surface area (Å²) in [5.41, 5.74) is 6.39. The van der Waals surface area contributed by atoms with Gasteiger partial charge in [-0.25, -0.2) is 4.39 Å². The Bertz CT molecular complexity index is 362. The predicted molar refractivity (Wildman–Crippen MR) is 57.5 cm³/mol. The van der Waals surface area contributed by atoms with Gasteiger partial charge >= 0.3 is 0 Å². The SMILES string of the molecule is CC(C)(Cc1ccc(F)cc1)C(N)C#N. The van der Waals surface area contributed by atoms with Crippen LogP contribution >= 0.6 is 0 Å². The lowest BCUT2D eigenvalue weighted by Gasteiger charge is -2.26. The van der Waals surface area contributed by atoms with Crippen LogP contribution in [0.4, 0.5) is 4.39 Å². The number of hydrogen-bond donors (Lipinski definition) is 1. The zero-order valence-corrected chi connectivity index (χ0v) is 9.00. The first-order valence-electron chi connectivity index (χ1n) is 4.85. The topological polar surface area (TPSA) is 49.8 Å². The van der Waals surface area contributed by atoms with Crippen LogP contribution in [0.1, 0.15) is 19.4 Å². The summed E-state index contributed by atoms with van der Waals surface area (Å²) < 4.78 is 12.7. The Labute approximate surface area is 89.5 Å². The van der Waals surface area contributed by atoms with E-state index in [4.69, 9.17) is 11.0 Å². The number of nitrogens with zero attached hydrogens (tertiary/aromatic N) is 1. The fraction of sp³-hybridized carbons (Fsp3) is 0.417. The number of nitrogens with two attached hydrogens (primary N) is 1. The second-order valence-corrected chi connectivity index (χ2v) is 4.40. The van der Waals surface area contributed by atoms with Crippen molar-refractivity contribution in [1.29, 1.82) is 5.26 Å². The third-order valence-electron chi connectivity index (χ3n) is 2.55. The normalized spacial score (nSPS) is 13.3. The summed E-state index contributed by atoms with van der Waals surface area (Å²) >= 11 is 0. The number of benzene rings is 1. The average molecular weight is 206 g/mol.